The highest BCUT2D eigenvalue weighted by atomic mass is 16.1. The number of nitrogens with two attached hydrogens (primary N) is 1. The number of rotatable bonds is 3. The molecule has 3 heteroatoms. The zero-order chi connectivity index (χ0) is 13.1. The molecule has 2 aliphatic rings. The van der Waals surface area contributed by atoms with E-state index < -0.39 is 0 Å². The van der Waals surface area contributed by atoms with Crippen molar-refractivity contribution in [3.05, 3.63) is 0 Å². The van der Waals surface area contributed by atoms with E-state index in [1.54, 1.807) is 0 Å². The molecule has 2 aliphatic carbocycles. The van der Waals surface area contributed by atoms with E-state index in [-0.39, 0.29) is 11.8 Å². The molecule has 18 heavy (non-hydrogen) atoms. The minimum Gasteiger partial charge on any atom is -0.369 e. The van der Waals surface area contributed by atoms with Crippen molar-refractivity contribution >= 4 is 5.91 Å². The van der Waals surface area contributed by atoms with Gasteiger partial charge in [0.05, 0.1) is 0 Å². The Bertz CT molecular complexity index is 284. The number of primary amides is 1. The van der Waals surface area contributed by atoms with Crippen LogP contribution in [0.2, 0.25) is 0 Å². The number of nitrogens with one attached hydrogen (secondary N) is 1. The maximum absolute atomic E-state index is 11.1. The molecule has 0 aromatic carbocycles. The van der Waals surface area contributed by atoms with Gasteiger partial charge in [-0.05, 0) is 56.8 Å². The Hall–Kier alpha value is -0.570. The van der Waals surface area contributed by atoms with Crippen LogP contribution in [0.5, 0.6) is 0 Å². The fourth-order valence-electron chi connectivity index (χ4n) is 3.76. The van der Waals surface area contributed by atoms with Gasteiger partial charge in [0.1, 0.15) is 0 Å². The van der Waals surface area contributed by atoms with Crippen molar-refractivity contribution in [3.63, 3.8) is 0 Å². The van der Waals surface area contributed by atoms with Crippen molar-refractivity contribution in [2.24, 2.45) is 23.5 Å². The third-order valence-corrected chi connectivity index (χ3v) is 5.01. The highest BCUT2D eigenvalue weighted by Crippen LogP contribution is 2.31. The highest BCUT2D eigenvalue weighted by molar-refractivity contribution is 5.76. The first-order chi connectivity index (χ1) is 8.56. The van der Waals surface area contributed by atoms with Crippen LogP contribution in [0.25, 0.3) is 0 Å². The fraction of sp³-hybridized carbons (Fsp3) is 0.933. The van der Waals surface area contributed by atoms with Gasteiger partial charge in [0, 0.05) is 18.0 Å². The summed E-state index contributed by atoms with van der Waals surface area (Å²) in [5, 5.41) is 3.84. The van der Waals surface area contributed by atoms with E-state index in [4.69, 9.17) is 5.73 Å². The van der Waals surface area contributed by atoms with Crippen LogP contribution < -0.4 is 11.1 Å². The van der Waals surface area contributed by atoms with Crippen LogP contribution >= 0.6 is 0 Å². The van der Waals surface area contributed by atoms with E-state index in [1.165, 1.54) is 19.3 Å². The second-order valence-electron chi connectivity index (χ2n) is 6.62. The summed E-state index contributed by atoms with van der Waals surface area (Å²) in [7, 11) is 0. The Morgan fingerprint density at radius 2 is 1.72 bits per heavy atom. The zero-order valence-electron chi connectivity index (χ0n) is 11.8. The molecular formula is C15H28N2O. The summed E-state index contributed by atoms with van der Waals surface area (Å²) in [5.41, 5.74) is 5.37. The molecule has 104 valence electrons. The van der Waals surface area contributed by atoms with Crippen LogP contribution in [-0.2, 0) is 4.79 Å². The third kappa shape index (κ3) is 3.47. The lowest BCUT2D eigenvalue weighted by Crippen LogP contribution is -2.46. The first-order valence-electron chi connectivity index (χ1n) is 7.61. The predicted molar refractivity (Wildman–Crippen MR) is 74.0 cm³/mol. The summed E-state index contributed by atoms with van der Waals surface area (Å²) in [6, 6.07) is 1.30. The second-order valence-corrected chi connectivity index (χ2v) is 6.62. The minimum atomic E-state index is -0.103. The largest absolute Gasteiger partial charge is 0.369 e. The van der Waals surface area contributed by atoms with Crippen LogP contribution in [0.4, 0.5) is 0 Å². The van der Waals surface area contributed by atoms with Gasteiger partial charge in [-0.15, -0.1) is 0 Å². The number of hydrogen-bond donors (Lipinski definition) is 2. The van der Waals surface area contributed by atoms with E-state index in [0.29, 0.717) is 12.1 Å². The Labute approximate surface area is 111 Å². The highest BCUT2D eigenvalue weighted by Gasteiger charge is 2.30. The summed E-state index contributed by atoms with van der Waals surface area (Å²) in [4.78, 5) is 11.1. The maximum atomic E-state index is 11.1. The molecule has 0 saturated heterocycles. The monoisotopic (exact) mass is 252 g/mol. The number of amides is 1. The molecule has 3 atom stereocenters. The Kier molecular flexibility index (Phi) is 4.66. The molecule has 0 heterocycles. The molecule has 2 rings (SSSR count). The summed E-state index contributed by atoms with van der Waals surface area (Å²) >= 11 is 0. The van der Waals surface area contributed by atoms with Gasteiger partial charge in [0.2, 0.25) is 5.91 Å². The van der Waals surface area contributed by atoms with Gasteiger partial charge in [-0.3, -0.25) is 4.79 Å². The quantitative estimate of drug-likeness (QED) is 0.810. The summed E-state index contributed by atoms with van der Waals surface area (Å²) in [6.07, 6.45) is 8.22. The van der Waals surface area contributed by atoms with Crippen LogP contribution in [0.3, 0.4) is 0 Å². The third-order valence-electron chi connectivity index (χ3n) is 5.01. The van der Waals surface area contributed by atoms with Crippen molar-refractivity contribution in [2.75, 3.05) is 0 Å². The summed E-state index contributed by atoms with van der Waals surface area (Å²) in [5.74, 6) is 1.71. The van der Waals surface area contributed by atoms with Gasteiger partial charge >= 0.3 is 0 Å². The molecule has 3 unspecified atom stereocenters. The minimum absolute atomic E-state index is 0.103. The lowest BCUT2D eigenvalue weighted by Gasteiger charge is -2.38. The standard InChI is InChI=1S/C15H28N2O/c1-10-3-8-14(11(2)9-10)17-13-6-4-12(5-7-13)15(16)18/h10-14,17H,3-9H2,1-2H3,(H2,16,18). The van der Waals surface area contributed by atoms with E-state index in [0.717, 1.165) is 37.5 Å². The first kappa shape index (κ1) is 13.9. The molecule has 0 aromatic rings. The maximum Gasteiger partial charge on any atom is 0.220 e. The molecule has 0 radical (unpaired) electrons. The van der Waals surface area contributed by atoms with Gasteiger partial charge in [0.25, 0.3) is 0 Å². The van der Waals surface area contributed by atoms with Crippen molar-refractivity contribution < 1.29 is 4.79 Å². The van der Waals surface area contributed by atoms with Gasteiger partial charge in [-0.1, -0.05) is 13.8 Å². The SMILES string of the molecule is CC1CCC(NC2CCC(C(N)=O)CC2)C(C)C1. The second kappa shape index (κ2) is 6.05. The molecule has 0 bridgehead atoms. The van der Waals surface area contributed by atoms with E-state index in [9.17, 15) is 4.79 Å². The molecule has 1 amide bonds. The zero-order valence-corrected chi connectivity index (χ0v) is 11.8. The molecule has 0 spiro atoms. The van der Waals surface area contributed by atoms with Crippen LogP contribution in [0.1, 0.15) is 58.8 Å². The molecular weight excluding hydrogens is 224 g/mol. The predicted octanol–water partition coefficient (Wildman–Crippen LogP) is 2.44. The Morgan fingerprint density at radius 3 is 2.28 bits per heavy atom. The summed E-state index contributed by atoms with van der Waals surface area (Å²) in [6.45, 7) is 4.74. The van der Waals surface area contributed by atoms with Crippen LogP contribution in [0, 0.1) is 17.8 Å². The topological polar surface area (TPSA) is 55.1 Å². The molecule has 0 aromatic heterocycles. The van der Waals surface area contributed by atoms with E-state index in [2.05, 4.69) is 19.2 Å². The molecule has 2 fully saturated rings. The van der Waals surface area contributed by atoms with Crippen molar-refractivity contribution in [3.8, 4) is 0 Å². The number of carbonyl (C=O) groups is 1. The van der Waals surface area contributed by atoms with Crippen molar-refractivity contribution in [2.45, 2.75) is 70.9 Å². The lowest BCUT2D eigenvalue weighted by atomic mass is 9.78. The average Bonchev–Trinajstić information content (AvgIpc) is 2.33. The number of carbonyl (C=O) groups excluding carboxylic acids is 1. The Morgan fingerprint density at radius 1 is 1.06 bits per heavy atom. The Balaban J connectivity index is 1.76. The molecule has 0 aliphatic heterocycles. The van der Waals surface area contributed by atoms with Crippen molar-refractivity contribution in [1.82, 2.24) is 5.32 Å². The summed E-state index contributed by atoms with van der Waals surface area (Å²) < 4.78 is 0. The molecule has 2 saturated carbocycles. The van der Waals surface area contributed by atoms with Gasteiger partial charge < -0.3 is 11.1 Å². The fourth-order valence-corrected chi connectivity index (χ4v) is 3.76. The van der Waals surface area contributed by atoms with Crippen LogP contribution in [-0.4, -0.2) is 18.0 Å². The van der Waals surface area contributed by atoms with E-state index in [1.807, 2.05) is 0 Å². The first-order valence-corrected chi connectivity index (χ1v) is 7.61. The van der Waals surface area contributed by atoms with Gasteiger partial charge in [0.15, 0.2) is 0 Å². The number of hydrogen-bond acceptors (Lipinski definition) is 2. The van der Waals surface area contributed by atoms with Gasteiger partial charge in [-0.25, -0.2) is 0 Å². The smallest absolute Gasteiger partial charge is 0.220 e. The van der Waals surface area contributed by atoms with Crippen LogP contribution in [0.15, 0.2) is 0 Å². The van der Waals surface area contributed by atoms with Gasteiger partial charge in [-0.2, -0.15) is 0 Å². The molecule has 3 N–H and O–H groups in total. The average molecular weight is 252 g/mol. The van der Waals surface area contributed by atoms with Crippen molar-refractivity contribution in [1.29, 1.82) is 0 Å². The molecule has 3 nitrogen and oxygen atoms in total. The van der Waals surface area contributed by atoms with E-state index >= 15 is 0 Å². The lowest BCUT2D eigenvalue weighted by molar-refractivity contribution is -0.122. The normalized spacial score (nSPS) is 41.6.